The van der Waals surface area contributed by atoms with Crippen LogP contribution in [-0.4, -0.2) is 24.2 Å². The highest BCUT2D eigenvalue weighted by atomic mass is 35.5. The minimum absolute atomic E-state index is 0.110. The Morgan fingerprint density at radius 2 is 1.96 bits per heavy atom. The zero-order valence-corrected chi connectivity index (χ0v) is 14.2. The first-order valence-corrected chi connectivity index (χ1v) is 8.60. The van der Waals surface area contributed by atoms with E-state index in [1.54, 1.807) is 12.1 Å². The van der Waals surface area contributed by atoms with Crippen LogP contribution in [0.2, 0.25) is 5.02 Å². The quantitative estimate of drug-likeness (QED) is 0.754. The molecule has 0 heterocycles. The number of thioether (sulfide) groups is 1. The second kappa shape index (κ2) is 9.30. The van der Waals surface area contributed by atoms with Gasteiger partial charge in [0.25, 0.3) is 5.91 Å². The van der Waals surface area contributed by atoms with E-state index in [4.69, 9.17) is 16.3 Å². The molecule has 0 aliphatic carbocycles. The third-order valence-electron chi connectivity index (χ3n) is 2.91. The van der Waals surface area contributed by atoms with Crippen molar-refractivity contribution in [2.75, 3.05) is 17.7 Å². The van der Waals surface area contributed by atoms with Gasteiger partial charge in [0.05, 0.1) is 5.75 Å². The van der Waals surface area contributed by atoms with Crippen molar-refractivity contribution < 1.29 is 18.7 Å². The Balaban J connectivity index is 1.67. The van der Waals surface area contributed by atoms with Crippen molar-refractivity contribution >= 4 is 40.9 Å². The fraction of sp³-hybridized carbons (Fsp3) is 0.176. The van der Waals surface area contributed by atoms with Crippen molar-refractivity contribution in [2.24, 2.45) is 0 Å². The first kappa shape index (κ1) is 18.3. The highest BCUT2D eigenvalue weighted by molar-refractivity contribution is 7.99. The van der Waals surface area contributed by atoms with E-state index in [0.29, 0.717) is 16.5 Å². The van der Waals surface area contributed by atoms with Gasteiger partial charge in [-0.25, -0.2) is 4.39 Å². The highest BCUT2D eigenvalue weighted by Crippen LogP contribution is 2.20. The Bertz CT molecular complexity index is 726. The summed E-state index contributed by atoms with van der Waals surface area (Å²) in [5.41, 5.74) is 1.24. The van der Waals surface area contributed by atoms with E-state index in [0.717, 1.165) is 5.56 Å². The van der Waals surface area contributed by atoms with Crippen LogP contribution in [0.25, 0.3) is 0 Å². The van der Waals surface area contributed by atoms with E-state index in [1.165, 1.54) is 30.0 Å². The summed E-state index contributed by atoms with van der Waals surface area (Å²) in [6.45, 7) is -0.415. The van der Waals surface area contributed by atoms with Crippen molar-refractivity contribution in [1.82, 2.24) is 0 Å². The van der Waals surface area contributed by atoms with Crippen LogP contribution in [0.15, 0.2) is 48.5 Å². The molecule has 7 heteroatoms. The topological polar surface area (TPSA) is 55.4 Å². The Morgan fingerprint density at radius 1 is 1.17 bits per heavy atom. The number of halogens is 2. The van der Waals surface area contributed by atoms with Gasteiger partial charge < -0.3 is 10.1 Å². The molecule has 0 aromatic heterocycles. The number of amides is 1. The van der Waals surface area contributed by atoms with Crippen LogP contribution in [0.5, 0.6) is 0 Å². The van der Waals surface area contributed by atoms with Gasteiger partial charge >= 0.3 is 5.97 Å². The largest absolute Gasteiger partial charge is 0.455 e. The van der Waals surface area contributed by atoms with Crippen LogP contribution in [0.4, 0.5) is 10.1 Å². The molecule has 0 atom stereocenters. The Kier molecular flexibility index (Phi) is 7.08. The molecule has 0 spiro atoms. The lowest BCUT2D eigenvalue weighted by atomic mass is 10.2. The summed E-state index contributed by atoms with van der Waals surface area (Å²) in [5, 5.41) is 3.09. The zero-order chi connectivity index (χ0) is 17.4. The van der Waals surface area contributed by atoms with Gasteiger partial charge in [0.2, 0.25) is 0 Å². The number of ether oxygens (including phenoxy) is 1. The maximum Gasteiger partial charge on any atom is 0.316 e. The standard InChI is InChI=1S/C17H15ClFNO3S/c18-15-7-2-1-4-12(15)10-24-11-17(22)23-9-16(21)20-14-6-3-5-13(19)8-14/h1-8H,9-11H2,(H,20,21). The minimum atomic E-state index is -0.523. The molecular formula is C17H15ClFNO3S. The fourth-order valence-electron chi connectivity index (χ4n) is 1.81. The summed E-state index contributed by atoms with van der Waals surface area (Å²) in [4.78, 5) is 23.2. The first-order chi connectivity index (χ1) is 11.5. The molecule has 1 amide bonds. The zero-order valence-electron chi connectivity index (χ0n) is 12.6. The Hall–Kier alpha value is -2.05. The van der Waals surface area contributed by atoms with E-state index in [1.807, 2.05) is 18.2 Å². The molecule has 1 N–H and O–H groups in total. The molecule has 0 fully saturated rings. The predicted octanol–water partition coefficient (Wildman–Crippen LogP) is 3.89. The Morgan fingerprint density at radius 3 is 2.71 bits per heavy atom. The number of carbonyl (C=O) groups is 2. The highest BCUT2D eigenvalue weighted by Gasteiger charge is 2.09. The van der Waals surface area contributed by atoms with Gasteiger partial charge in [-0.2, -0.15) is 0 Å². The van der Waals surface area contributed by atoms with Crippen molar-refractivity contribution in [1.29, 1.82) is 0 Å². The lowest BCUT2D eigenvalue weighted by Crippen LogP contribution is -2.21. The number of esters is 1. The smallest absolute Gasteiger partial charge is 0.316 e. The van der Waals surface area contributed by atoms with E-state index in [9.17, 15) is 14.0 Å². The van der Waals surface area contributed by atoms with Crippen LogP contribution in [0.3, 0.4) is 0 Å². The molecular weight excluding hydrogens is 353 g/mol. The fourth-order valence-corrected chi connectivity index (χ4v) is 2.92. The Labute approximate surface area is 148 Å². The van der Waals surface area contributed by atoms with Gasteiger partial charge in [0.15, 0.2) is 6.61 Å². The van der Waals surface area contributed by atoms with Crippen LogP contribution >= 0.6 is 23.4 Å². The van der Waals surface area contributed by atoms with Gasteiger partial charge in [-0.1, -0.05) is 35.9 Å². The molecule has 0 saturated carbocycles. The molecule has 4 nitrogen and oxygen atoms in total. The summed E-state index contributed by atoms with van der Waals surface area (Å²) in [5.74, 6) is -0.796. The summed E-state index contributed by atoms with van der Waals surface area (Å²) in [7, 11) is 0. The number of anilines is 1. The molecule has 126 valence electrons. The molecule has 2 aromatic carbocycles. The predicted molar refractivity (Wildman–Crippen MR) is 93.6 cm³/mol. The van der Waals surface area contributed by atoms with E-state index in [2.05, 4.69) is 5.32 Å². The maximum atomic E-state index is 13.0. The molecule has 0 bridgehead atoms. The molecule has 0 saturated heterocycles. The molecule has 24 heavy (non-hydrogen) atoms. The van der Waals surface area contributed by atoms with Crippen molar-refractivity contribution in [3.8, 4) is 0 Å². The molecule has 0 aliphatic rings. The molecule has 0 radical (unpaired) electrons. The lowest BCUT2D eigenvalue weighted by molar-refractivity contribution is -0.144. The van der Waals surface area contributed by atoms with Gasteiger partial charge in [-0.05, 0) is 29.8 Å². The van der Waals surface area contributed by atoms with E-state index >= 15 is 0 Å². The number of rotatable bonds is 7. The number of benzene rings is 2. The number of hydrogen-bond donors (Lipinski definition) is 1. The summed E-state index contributed by atoms with van der Waals surface area (Å²) >= 11 is 7.37. The molecule has 2 aromatic rings. The second-order valence-electron chi connectivity index (χ2n) is 4.80. The third kappa shape index (κ3) is 6.22. The normalized spacial score (nSPS) is 10.2. The molecule has 2 rings (SSSR count). The maximum absolute atomic E-state index is 13.0. The van der Waals surface area contributed by atoms with Gasteiger partial charge in [0.1, 0.15) is 5.82 Å². The van der Waals surface area contributed by atoms with Crippen LogP contribution in [-0.2, 0) is 20.1 Å². The van der Waals surface area contributed by atoms with Crippen molar-refractivity contribution in [2.45, 2.75) is 5.75 Å². The van der Waals surface area contributed by atoms with E-state index in [-0.39, 0.29) is 5.75 Å². The summed E-state index contributed by atoms with van der Waals surface area (Å²) in [6.07, 6.45) is 0. The molecule has 0 aliphatic heterocycles. The lowest BCUT2D eigenvalue weighted by Gasteiger charge is -2.07. The second-order valence-corrected chi connectivity index (χ2v) is 6.20. The summed E-state index contributed by atoms with van der Waals surface area (Å²) in [6, 6.07) is 12.8. The molecule has 0 unspecified atom stereocenters. The van der Waals surface area contributed by atoms with Gasteiger partial charge in [-0.3, -0.25) is 9.59 Å². The average Bonchev–Trinajstić information content (AvgIpc) is 2.55. The number of carbonyl (C=O) groups excluding carboxylic acids is 2. The number of nitrogens with one attached hydrogen (secondary N) is 1. The number of hydrogen-bond acceptors (Lipinski definition) is 4. The monoisotopic (exact) mass is 367 g/mol. The first-order valence-electron chi connectivity index (χ1n) is 7.07. The van der Waals surface area contributed by atoms with Crippen molar-refractivity contribution in [3.05, 3.63) is 64.9 Å². The average molecular weight is 368 g/mol. The summed E-state index contributed by atoms with van der Waals surface area (Å²) < 4.78 is 17.9. The van der Waals surface area contributed by atoms with Gasteiger partial charge in [0, 0.05) is 16.5 Å². The van der Waals surface area contributed by atoms with Crippen LogP contribution in [0, 0.1) is 5.82 Å². The SMILES string of the molecule is O=C(COC(=O)CSCc1ccccc1Cl)Nc1cccc(F)c1. The van der Waals surface area contributed by atoms with E-state index < -0.39 is 24.3 Å². The van der Waals surface area contributed by atoms with Crippen molar-refractivity contribution in [3.63, 3.8) is 0 Å². The van der Waals surface area contributed by atoms with Crippen LogP contribution < -0.4 is 5.32 Å². The third-order valence-corrected chi connectivity index (χ3v) is 4.23. The van der Waals surface area contributed by atoms with Gasteiger partial charge in [-0.15, -0.1) is 11.8 Å². The minimum Gasteiger partial charge on any atom is -0.455 e. The van der Waals surface area contributed by atoms with Crippen LogP contribution in [0.1, 0.15) is 5.56 Å².